The first-order chi connectivity index (χ1) is 19.5. The molecule has 0 bridgehead atoms. The number of hydrogen-bond donors (Lipinski definition) is 3. The molecule has 0 aliphatic heterocycles. The summed E-state index contributed by atoms with van der Waals surface area (Å²) in [6.07, 6.45) is 8.88. The number of aromatic nitrogens is 3. The van der Waals surface area contributed by atoms with Crippen molar-refractivity contribution in [2.45, 2.75) is 5.60 Å². The Bertz CT molecular complexity index is 1840. The van der Waals surface area contributed by atoms with Gasteiger partial charge in [-0.2, -0.15) is 0 Å². The quantitative estimate of drug-likeness (QED) is 0.140. The third kappa shape index (κ3) is 5.55. The van der Waals surface area contributed by atoms with E-state index in [1.807, 2.05) is 42.5 Å². The molecular weight excluding hydrogens is 565 g/mol. The van der Waals surface area contributed by atoms with Gasteiger partial charge in [0.05, 0.1) is 0 Å². The molecule has 0 spiro atoms. The van der Waals surface area contributed by atoms with E-state index in [-0.39, 0.29) is 5.56 Å². The Morgan fingerprint density at radius 3 is 2.41 bits per heavy atom. The Morgan fingerprint density at radius 2 is 1.76 bits per heavy atom. The van der Waals surface area contributed by atoms with Crippen LogP contribution < -0.4 is 5.56 Å². The van der Waals surface area contributed by atoms with Crippen LogP contribution in [0.3, 0.4) is 0 Å². The third-order valence-corrected chi connectivity index (χ3v) is 7.71. The molecule has 3 N–H and O–H groups in total. The van der Waals surface area contributed by atoms with Gasteiger partial charge in [-0.25, -0.2) is 0 Å². The predicted molar refractivity (Wildman–Crippen MR) is 159 cm³/mol. The molecule has 11 heteroatoms. The standard InChI is InChI=1S/C30H27ClN3O6P/c1-4-20-6-5-7-21(14-20)25-16-29(35)34(3)27-13-10-23(15-26(25)27)30(28-17-32-18-33(28)2,39-19-40-41(36,37)38)22-8-11-24(31)12-9-22/h1,5-18,36-38,41H,19H2,2-3H3/t30-/m1/s1. The molecule has 5 rings (SSSR count). The van der Waals surface area contributed by atoms with Crippen LogP contribution in [-0.4, -0.2) is 35.6 Å². The Hall–Kier alpha value is -3.84. The summed E-state index contributed by atoms with van der Waals surface area (Å²) in [6.45, 7) is -0.675. The van der Waals surface area contributed by atoms with Crippen molar-refractivity contribution in [2.75, 3.05) is 6.79 Å². The topological polar surface area (TPSA) is 119 Å². The first-order valence-electron chi connectivity index (χ1n) is 12.4. The fourth-order valence-electron chi connectivity index (χ4n) is 4.98. The molecule has 9 nitrogen and oxygen atoms in total. The minimum absolute atomic E-state index is 0.193. The molecule has 5 aromatic rings. The van der Waals surface area contributed by atoms with Crippen LogP contribution in [0.5, 0.6) is 0 Å². The molecule has 210 valence electrons. The number of terminal acetylenes is 1. The van der Waals surface area contributed by atoms with Crippen molar-refractivity contribution < 1.29 is 23.9 Å². The first kappa shape index (κ1) is 28.7. The second kappa shape index (κ2) is 11.2. The van der Waals surface area contributed by atoms with E-state index in [0.717, 1.165) is 10.9 Å². The predicted octanol–water partition coefficient (Wildman–Crippen LogP) is 4.24. The summed E-state index contributed by atoms with van der Waals surface area (Å²) in [6, 6.07) is 21.4. The summed E-state index contributed by atoms with van der Waals surface area (Å²) < 4.78 is 14.6. The van der Waals surface area contributed by atoms with Crippen LogP contribution in [0.15, 0.2) is 90.1 Å². The number of hydrogen-bond acceptors (Lipinski definition) is 7. The molecule has 0 fully saturated rings. The summed E-state index contributed by atoms with van der Waals surface area (Å²) in [7, 11) is -1.42. The molecule has 3 aromatic carbocycles. The molecule has 0 saturated heterocycles. The van der Waals surface area contributed by atoms with E-state index in [9.17, 15) is 19.5 Å². The second-order valence-corrected chi connectivity index (χ2v) is 11.3. The zero-order valence-electron chi connectivity index (χ0n) is 22.2. The van der Waals surface area contributed by atoms with E-state index in [1.165, 1.54) is 0 Å². The fraction of sp³-hybridized carbons (Fsp3) is 0.133. The van der Waals surface area contributed by atoms with Gasteiger partial charge >= 0.3 is 235 Å². The minimum atomic E-state index is -4.91. The number of pyridine rings is 1. The molecule has 0 unspecified atom stereocenters. The Kier molecular flexibility index (Phi) is 7.84. The molecular formula is C30H27ClN3O6P. The summed E-state index contributed by atoms with van der Waals surface area (Å²) in [5, 5.41) is 1.24. The van der Waals surface area contributed by atoms with E-state index in [0.29, 0.717) is 38.5 Å². The fourth-order valence-corrected chi connectivity index (χ4v) is 5.32. The van der Waals surface area contributed by atoms with Gasteiger partial charge in [-0.3, -0.25) is 0 Å². The van der Waals surface area contributed by atoms with Crippen LogP contribution in [-0.2, 0) is 29.0 Å². The van der Waals surface area contributed by atoms with Crippen molar-refractivity contribution in [1.29, 1.82) is 0 Å². The Balaban J connectivity index is 1.84. The van der Waals surface area contributed by atoms with Crippen molar-refractivity contribution in [3.63, 3.8) is 0 Å². The van der Waals surface area contributed by atoms with Crippen LogP contribution in [0.1, 0.15) is 22.4 Å². The van der Waals surface area contributed by atoms with E-state index in [2.05, 4.69) is 10.9 Å². The molecule has 2 heterocycles. The summed E-state index contributed by atoms with van der Waals surface area (Å²) in [5.74, 6) is 2.64. The number of ether oxygens (including phenoxy) is 1. The average molecular weight is 592 g/mol. The maximum absolute atomic E-state index is 13.0. The van der Waals surface area contributed by atoms with Gasteiger partial charge in [-0.1, -0.05) is 0 Å². The van der Waals surface area contributed by atoms with E-state index >= 15 is 0 Å². The number of imidazole rings is 1. The maximum atomic E-state index is 13.0. The summed E-state index contributed by atoms with van der Waals surface area (Å²) in [5.41, 5.74) is 2.94. The first-order valence-corrected chi connectivity index (χ1v) is 14.6. The molecule has 2 aromatic heterocycles. The number of halogens is 1. The van der Waals surface area contributed by atoms with E-state index in [4.69, 9.17) is 27.3 Å². The van der Waals surface area contributed by atoms with E-state index < -0.39 is 20.6 Å². The van der Waals surface area contributed by atoms with Crippen LogP contribution in [0.2, 0.25) is 5.02 Å². The molecule has 0 radical (unpaired) electrons. The van der Waals surface area contributed by atoms with Crippen molar-refractivity contribution in [1.82, 2.24) is 14.1 Å². The number of nitrogens with zero attached hydrogens (tertiary/aromatic N) is 3. The van der Waals surface area contributed by atoms with Gasteiger partial charge in [0.2, 0.25) is 0 Å². The number of fused-ring (bicyclic) bond motifs is 1. The second-order valence-electron chi connectivity index (χ2n) is 9.47. The molecule has 0 saturated carbocycles. The molecule has 0 aliphatic carbocycles. The van der Waals surface area contributed by atoms with Gasteiger partial charge in [0.15, 0.2) is 0 Å². The van der Waals surface area contributed by atoms with Gasteiger partial charge in [0, 0.05) is 0 Å². The number of benzene rings is 3. The normalized spacial score (nSPS) is 13.6. The van der Waals surface area contributed by atoms with Crippen LogP contribution in [0, 0.1) is 12.3 Å². The van der Waals surface area contributed by atoms with Crippen molar-refractivity contribution in [2.24, 2.45) is 14.1 Å². The van der Waals surface area contributed by atoms with E-state index in [1.54, 1.807) is 66.1 Å². The van der Waals surface area contributed by atoms with Crippen molar-refractivity contribution in [3.8, 4) is 23.5 Å². The SMILES string of the molecule is C#Cc1cccc(-c2cc(=O)n(C)c3ccc([C@](OCO[PH](O)(O)O)(c4ccc(Cl)cc4)c4cncn4C)cc23)c1. The Morgan fingerprint density at radius 1 is 1.02 bits per heavy atom. The monoisotopic (exact) mass is 591 g/mol. The summed E-state index contributed by atoms with van der Waals surface area (Å²) >= 11 is 6.23. The molecule has 0 aliphatic rings. The zero-order valence-corrected chi connectivity index (χ0v) is 23.9. The van der Waals surface area contributed by atoms with Crippen LogP contribution >= 0.6 is 19.8 Å². The molecule has 0 amide bonds. The van der Waals surface area contributed by atoms with Gasteiger partial charge in [-0.05, 0) is 0 Å². The van der Waals surface area contributed by atoms with Gasteiger partial charge in [-0.15, -0.1) is 6.42 Å². The zero-order chi connectivity index (χ0) is 29.4. The average Bonchev–Trinajstić information content (AvgIpc) is 3.39. The van der Waals surface area contributed by atoms with Crippen LogP contribution in [0.4, 0.5) is 0 Å². The number of rotatable bonds is 8. The van der Waals surface area contributed by atoms with Crippen molar-refractivity contribution >= 4 is 30.7 Å². The molecule has 41 heavy (non-hydrogen) atoms. The van der Waals surface area contributed by atoms with Crippen molar-refractivity contribution in [3.05, 3.63) is 123 Å². The third-order valence-electron chi connectivity index (χ3n) is 6.95. The number of aryl methyl sites for hydroxylation is 2. The summed E-state index contributed by atoms with van der Waals surface area (Å²) in [4.78, 5) is 45.9. The van der Waals surface area contributed by atoms with Gasteiger partial charge in [0.25, 0.3) is 0 Å². The van der Waals surface area contributed by atoms with Crippen LogP contribution in [0.25, 0.3) is 22.0 Å². The van der Waals surface area contributed by atoms with Gasteiger partial charge < -0.3 is 0 Å². The Labute approximate surface area is 241 Å². The molecule has 1 atom stereocenters. The van der Waals surface area contributed by atoms with Gasteiger partial charge in [0.1, 0.15) is 0 Å².